The van der Waals surface area contributed by atoms with Gasteiger partial charge in [-0.1, -0.05) is 24.6 Å². The van der Waals surface area contributed by atoms with Crippen molar-refractivity contribution in [2.45, 2.75) is 25.7 Å². The Morgan fingerprint density at radius 1 is 1.14 bits per heavy atom. The number of alkyl halides is 3. The minimum absolute atomic E-state index is 0.0178. The van der Waals surface area contributed by atoms with Gasteiger partial charge in [-0.05, 0) is 42.4 Å². The van der Waals surface area contributed by atoms with Crippen LogP contribution in [-0.2, 0) is 17.5 Å². The highest BCUT2D eigenvalue weighted by Gasteiger charge is 2.34. The molecule has 0 bridgehead atoms. The molecular formula is C29H32ClF3N6O4. The third-order valence-corrected chi connectivity index (χ3v) is 7.60. The molecule has 1 saturated heterocycles. The first-order valence-electron chi connectivity index (χ1n) is 13.8. The molecule has 1 fully saturated rings. The van der Waals surface area contributed by atoms with Gasteiger partial charge in [0.25, 0.3) is 11.8 Å². The molecule has 0 spiro atoms. The molecule has 3 aromatic rings. The maximum Gasteiger partial charge on any atom is 0.416 e. The number of nitrogens with zero attached hydrogens (tertiary/aromatic N) is 4. The number of hydrogen-bond donors (Lipinski definition) is 2. The van der Waals surface area contributed by atoms with Crippen molar-refractivity contribution in [3.8, 4) is 17.4 Å². The van der Waals surface area contributed by atoms with Gasteiger partial charge in [0.05, 0.1) is 23.2 Å². The van der Waals surface area contributed by atoms with Crippen LogP contribution in [0.15, 0.2) is 42.7 Å². The van der Waals surface area contributed by atoms with Gasteiger partial charge in [0.15, 0.2) is 5.82 Å². The van der Waals surface area contributed by atoms with E-state index >= 15 is 0 Å². The first-order chi connectivity index (χ1) is 20.6. The van der Waals surface area contributed by atoms with Crippen LogP contribution < -0.4 is 20.1 Å². The molecule has 230 valence electrons. The predicted molar refractivity (Wildman–Crippen MR) is 155 cm³/mol. The van der Waals surface area contributed by atoms with Crippen molar-refractivity contribution in [3.63, 3.8) is 0 Å². The Kier molecular flexibility index (Phi) is 9.55. The average molecular weight is 621 g/mol. The molecule has 14 heteroatoms. The second-order valence-corrected chi connectivity index (χ2v) is 10.7. The van der Waals surface area contributed by atoms with Crippen LogP contribution in [-0.4, -0.2) is 84.8 Å². The Morgan fingerprint density at radius 2 is 1.91 bits per heavy atom. The van der Waals surface area contributed by atoms with E-state index in [1.165, 1.54) is 36.7 Å². The van der Waals surface area contributed by atoms with Gasteiger partial charge >= 0.3 is 6.18 Å². The van der Waals surface area contributed by atoms with E-state index in [4.69, 9.17) is 25.8 Å². The summed E-state index contributed by atoms with van der Waals surface area (Å²) in [4.78, 5) is 25.7. The van der Waals surface area contributed by atoms with Crippen molar-refractivity contribution in [1.82, 2.24) is 19.8 Å². The lowest BCUT2D eigenvalue weighted by atomic mass is 10.0. The molecule has 2 aromatic carbocycles. The zero-order chi connectivity index (χ0) is 30.6. The predicted octanol–water partition coefficient (Wildman–Crippen LogP) is 5.15. The van der Waals surface area contributed by atoms with E-state index in [1.54, 1.807) is 7.11 Å². The number of hydrogen-bond acceptors (Lipinski definition) is 9. The first kappa shape index (κ1) is 30.8. The summed E-state index contributed by atoms with van der Waals surface area (Å²) < 4.78 is 59.0. The van der Waals surface area contributed by atoms with Crippen LogP contribution in [0, 0.1) is 0 Å². The van der Waals surface area contributed by atoms with Crippen LogP contribution in [0.3, 0.4) is 0 Å². The van der Waals surface area contributed by atoms with E-state index in [-0.39, 0.29) is 58.4 Å². The molecule has 1 unspecified atom stereocenters. The summed E-state index contributed by atoms with van der Waals surface area (Å²) in [6, 6.07) is 8.04. The van der Waals surface area contributed by atoms with E-state index in [0.29, 0.717) is 25.5 Å². The van der Waals surface area contributed by atoms with E-state index < -0.39 is 17.6 Å². The number of amides is 1. The summed E-state index contributed by atoms with van der Waals surface area (Å²) in [6.07, 6.45) is -3.29. The third kappa shape index (κ3) is 7.47. The van der Waals surface area contributed by atoms with Gasteiger partial charge in [-0.25, -0.2) is 4.98 Å². The van der Waals surface area contributed by atoms with E-state index in [2.05, 4.69) is 32.4 Å². The number of benzene rings is 2. The zero-order valence-electron chi connectivity index (χ0n) is 23.7. The van der Waals surface area contributed by atoms with E-state index in [1.807, 2.05) is 4.90 Å². The highest BCUT2D eigenvalue weighted by atomic mass is 35.5. The van der Waals surface area contributed by atoms with Gasteiger partial charge in [-0.3, -0.25) is 9.69 Å². The lowest BCUT2D eigenvalue weighted by molar-refractivity contribution is -0.138. The van der Waals surface area contributed by atoms with Crippen molar-refractivity contribution < 1.29 is 32.2 Å². The Balaban J connectivity index is 1.31. The Labute approximate surface area is 252 Å². The van der Waals surface area contributed by atoms with Crippen LogP contribution >= 0.6 is 11.6 Å². The van der Waals surface area contributed by atoms with Gasteiger partial charge in [-0.15, -0.1) is 0 Å². The summed E-state index contributed by atoms with van der Waals surface area (Å²) in [5.74, 6) is 0.230. The summed E-state index contributed by atoms with van der Waals surface area (Å²) in [5.41, 5.74) is -0.480. The number of carbonyl (C=O) groups excluding carboxylic acids is 1. The topological polar surface area (TPSA) is 101 Å². The number of ether oxygens (including phenoxy) is 3. The number of piperazine rings is 1. The van der Waals surface area contributed by atoms with Crippen molar-refractivity contribution in [3.05, 3.63) is 64.4 Å². The molecule has 0 saturated carbocycles. The van der Waals surface area contributed by atoms with Gasteiger partial charge < -0.3 is 29.7 Å². The molecule has 10 nitrogen and oxygen atoms in total. The third-order valence-electron chi connectivity index (χ3n) is 7.29. The maximum absolute atomic E-state index is 14.0. The first-order valence-corrected chi connectivity index (χ1v) is 14.2. The van der Waals surface area contributed by atoms with E-state index in [9.17, 15) is 18.0 Å². The van der Waals surface area contributed by atoms with Crippen LogP contribution in [0.2, 0.25) is 5.02 Å². The SMILES string of the molecule is CCN1CCN(Cc2ccc(NC(=O)c3ccc(Cl)c(Oc4ncnc5c4OCC(COC)N5)c3)cc2C(F)(F)F)CC1. The molecule has 5 rings (SSSR count). The molecule has 0 radical (unpaired) electrons. The Morgan fingerprint density at radius 3 is 2.63 bits per heavy atom. The second kappa shape index (κ2) is 13.3. The van der Waals surface area contributed by atoms with Crippen LogP contribution in [0.4, 0.5) is 24.7 Å². The largest absolute Gasteiger partial charge is 0.483 e. The average Bonchev–Trinajstić information content (AvgIpc) is 2.99. The second-order valence-electron chi connectivity index (χ2n) is 10.2. The number of halogens is 4. The highest BCUT2D eigenvalue weighted by Crippen LogP contribution is 2.39. The Bertz CT molecular complexity index is 1450. The van der Waals surface area contributed by atoms with Crippen LogP contribution in [0.25, 0.3) is 0 Å². The monoisotopic (exact) mass is 620 g/mol. The molecule has 2 aliphatic heterocycles. The fourth-order valence-corrected chi connectivity index (χ4v) is 5.12. The minimum atomic E-state index is -4.58. The van der Waals surface area contributed by atoms with Gasteiger partial charge in [0.1, 0.15) is 18.7 Å². The molecule has 2 N–H and O–H groups in total. The molecular weight excluding hydrogens is 589 g/mol. The lowest BCUT2D eigenvalue weighted by Gasteiger charge is -2.34. The number of likely N-dealkylation sites (N-methyl/N-ethyl adjacent to an activating group) is 1. The van der Waals surface area contributed by atoms with Gasteiger partial charge in [0, 0.05) is 51.1 Å². The summed E-state index contributed by atoms with van der Waals surface area (Å²) in [6.45, 7) is 6.88. The summed E-state index contributed by atoms with van der Waals surface area (Å²) in [5, 5.41) is 5.93. The fourth-order valence-electron chi connectivity index (χ4n) is 4.96. The van der Waals surface area contributed by atoms with Crippen LogP contribution in [0.1, 0.15) is 28.4 Å². The van der Waals surface area contributed by atoms with Gasteiger partial charge in [-0.2, -0.15) is 18.2 Å². The smallest absolute Gasteiger partial charge is 0.416 e. The fraction of sp³-hybridized carbons (Fsp3) is 0.414. The molecule has 0 aliphatic carbocycles. The van der Waals surface area contributed by atoms with Gasteiger partial charge in [0.2, 0.25) is 5.75 Å². The maximum atomic E-state index is 14.0. The van der Waals surface area contributed by atoms with Crippen molar-refractivity contribution in [1.29, 1.82) is 0 Å². The number of fused-ring (bicyclic) bond motifs is 1. The summed E-state index contributed by atoms with van der Waals surface area (Å²) in [7, 11) is 1.58. The quantitative estimate of drug-likeness (QED) is 0.336. The zero-order valence-corrected chi connectivity index (χ0v) is 24.5. The van der Waals surface area contributed by atoms with E-state index in [0.717, 1.165) is 25.7 Å². The molecule has 1 aromatic heterocycles. The Hall–Kier alpha value is -3.65. The highest BCUT2D eigenvalue weighted by molar-refractivity contribution is 6.32. The lowest BCUT2D eigenvalue weighted by Crippen LogP contribution is -2.45. The number of carbonyl (C=O) groups is 1. The number of anilines is 2. The molecule has 2 aliphatic rings. The number of rotatable bonds is 9. The molecule has 1 atom stereocenters. The van der Waals surface area contributed by atoms with Crippen molar-refractivity contribution >= 4 is 29.0 Å². The number of nitrogens with one attached hydrogen (secondary N) is 2. The normalized spacial score (nSPS) is 17.5. The van der Waals surface area contributed by atoms with Crippen molar-refractivity contribution in [2.24, 2.45) is 0 Å². The van der Waals surface area contributed by atoms with Crippen molar-refractivity contribution in [2.75, 3.05) is 63.7 Å². The van der Waals surface area contributed by atoms with Crippen LogP contribution in [0.5, 0.6) is 17.4 Å². The molecule has 43 heavy (non-hydrogen) atoms. The molecule has 1 amide bonds. The minimum Gasteiger partial charge on any atom is -0.483 e. The molecule has 3 heterocycles. The summed E-state index contributed by atoms with van der Waals surface area (Å²) >= 11 is 6.34. The standard InChI is InChI=1S/C29H32ClF3N6O4/c1-3-38-8-10-39(11-9-38)14-19-4-6-20(13-22(19)29(31,32)33)37-27(40)18-5-7-23(30)24(12-18)43-28-25-26(34-17-35-28)36-21(15-41-2)16-42-25/h4-7,12-13,17,21H,3,8-11,14-16H2,1-2H3,(H,37,40)(H,34,35,36). The number of aromatic nitrogens is 2. The number of methoxy groups -OCH3 is 1.